The molecule has 1 saturated carbocycles. The minimum absolute atomic E-state index is 0.0503. The molecule has 0 aliphatic heterocycles. The maximum atomic E-state index is 13.2. The molecule has 0 spiro atoms. The molecule has 1 aliphatic rings. The maximum absolute atomic E-state index is 13.2. The molecule has 37 heavy (non-hydrogen) atoms. The quantitative estimate of drug-likeness (QED) is 0.341. The number of halogens is 3. The number of aromatic nitrogens is 1. The zero-order valence-electron chi connectivity index (χ0n) is 20.0. The van der Waals surface area contributed by atoms with E-state index in [0.29, 0.717) is 29.3 Å². The Kier molecular flexibility index (Phi) is 8.08. The third-order valence-corrected chi connectivity index (χ3v) is 5.74. The van der Waals surface area contributed by atoms with Gasteiger partial charge in [0.15, 0.2) is 0 Å². The molecule has 10 heteroatoms. The Hall–Kier alpha value is -3.92. The zero-order valence-corrected chi connectivity index (χ0v) is 20.0. The minimum atomic E-state index is -4.52. The van der Waals surface area contributed by atoms with Gasteiger partial charge in [-0.1, -0.05) is 12.1 Å². The predicted molar refractivity (Wildman–Crippen MR) is 133 cm³/mol. The van der Waals surface area contributed by atoms with E-state index in [0.717, 1.165) is 30.5 Å². The first-order valence-electron chi connectivity index (χ1n) is 11.9. The second-order valence-corrected chi connectivity index (χ2v) is 8.89. The van der Waals surface area contributed by atoms with Crippen LogP contribution in [0.3, 0.4) is 0 Å². The molecule has 194 valence electrons. The van der Waals surface area contributed by atoms with E-state index < -0.39 is 17.6 Å². The molecule has 2 aromatic carbocycles. The van der Waals surface area contributed by atoms with Gasteiger partial charge in [-0.2, -0.15) is 13.2 Å². The van der Waals surface area contributed by atoms with Gasteiger partial charge in [0.1, 0.15) is 17.3 Å². The lowest BCUT2D eigenvalue weighted by molar-refractivity contribution is -0.137. The molecule has 7 nitrogen and oxygen atoms in total. The van der Waals surface area contributed by atoms with Gasteiger partial charge in [0.05, 0.1) is 5.56 Å². The van der Waals surface area contributed by atoms with Crippen molar-refractivity contribution >= 4 is 23.3 Å². The fourth-order valence-electron chi connectivity index (χ4n) is 3.74. The van der Waals surface area contributed by atoms with Crippen molar-refractivity contribution in [1.29, 1.82) is 0 Å². The van der Waals surface area contributed by atoms with Crippen molar-refractivity contribution in [3.8, 4) is 11.5 Å². The number of carbonyl (C=O) groups is 2. The normalized spacial score (nSPS) is 13.2. The lowest BCUT2D eigenvalue weighted by Gasteiger charge is -2.13. The van der Waals surface area contributed by atoms with Crippen LogP contribution in [0.4, 0.5) is 24.7 Å². The van der Waals surface area contributed by atoms with Gasteiger partial charge in [0.25, 0.3) is 0 Å². The van der Waals surface area contributed by atoms with Crippen LogP contribution in [0.25, 0.3) is 0 Å². The lowest BCUT2D eigenvalue weighted by atomic mass is 10.1. The predicted octanol–water partition coefficient (Wildman–Crippen LogP) is 5.31. The van der Waals surface area contributed by atoms with Gasteiger partial charge in [0, 0.05) is 30.3 Å². The van der Waals surface area contributed by atoms with Crippen molar-refractivity contribution in [2.75, 3.05) is 17.2 Å². The first-order valence-corrected chi connectivity index (χ1v) is 11.9. The van der Waals surface area contributed by atoms with Crippen LogP contribution in [0.2, 0.25) is 0 Å². The van der Waals surface area contributed by atoms with Crippen molar-refractivity contribution in [1.82, 2.24) is 4.98 Å². The highest BCUT2D eigenvalue weighted by molar-refractivity contribution is 5.93. The van der Waals surface area contributed by atoms with Crippen molar-refractivity contribution in [3.63, 3.8) is 0 Å². The number of hydrogen-bond acceptors (Lipinski definition) is 5. The van der Waals surface area contributed by atoms with Crippen LogP contribution in [0.15, 0.2) is 60.8 Å². The maximum Gasteiger partial charge on any atom is 0.416 e. The van der Waals surface area contributed by atoms with E-state index in [-0.39, 0.29) is 36.9 Å². The highest BCUT2D eigenvalue weighted by atomic mass is 19.4. The number of hydrogen-bond donors (Lipinski definition) is 3. The molecule has 4 N–H and O–H groups in total. The topological polar surface area (TPSA) is 106 Å². The summed E-state index contributed by atoms with van der Waals surface area (Å²) in [6.45, 7) is 0.197. The number of pyridine rings is 1. The summed E-state index contributed by atoms with van der Waals surface area (Å²) in [6.07, 6.45) is -0.507. The summed E-state index contributed by atoms with van der Waals surface area (Å²) < 4.78 is 45.6. The Bertz CT molecular complexity index is 1280. The molecule has 1 heterocycles. The molecule has 3 aromatic rings. The fourth-order valence-corrected chi connectivity index (χ4v) is 3.74. The van der Waals surface area contributed by atoms with Crippen LogP contribution >= 0.6 is 0 Å². The number of nitrogens with two attached hydrogens (primary N) is 1. The summed E-state index contributed by atoms with van der Waals surface area (Å²) in [5.41, 5.74) is 5.96. The Morgan fingerprint density at radius 2 is 1.76 bits per heavy atom. The van der Waals surface area contributed by atoms with E-state index >= 15 is 0 Å². The number of anilines is 2. The molecular formula is C27H27F3N4O3. The molecule has 1 aliphatic carbocycles. The first-order chi connectivity index (χ1) is 17.7. The van der Waals surface area contributed by atoms with Crippen LogP contribution in [0.5, 0.6) is 11.5 Å². The number of alkyl halides is 3. The average molecular weight is 513 g/mol. The molecule has 0 radical (unpaired) electrons. The number of carbonyl (C=O) groups excluding carboxylic acids is 2. The highest BCUT2D eigenvalue weighted by Gasteiger charge is 2.31. The largest absolute Gasteiger partial charge is 0.457 e. The van der Waals surface area contributed by atoms with Crippen LogP contribution in [0.1, 0.15) is 36.0 Å². The lowest BCUT2D eigenvalue weighted by Crippen LogP contribution is -2.15. The number of nitrogens with one attached hydrogen (secondary N) is 2. The summed E-state index contributed by atoms with van der Waals surface area (Å²) >= 11 is 0. The number of rotatable bonds is 10. The molecule has 1 fully saturated rings. The monoisotopic (exact) mass is 512 g/mol. The Morgan fingerprint density at radius 1 is 0.973 bits per heavy atom. The van der Waals surface area contributed by atoms with Crippen molar-refractivity contribution < 1.29 is 27.5 Å². The fraction of sp³-hybridized carbons (Fsp3) is 0.296. The molecule has 0 bridgehead atoms. The molecule has 2 amide bonds. The van der Waals surface area contributed by atoms with Gasteiger partial charge in [0.2, 0.25) is 11.8 Å². The highest BCUT2D eigenvalue weighted by Crippen LogP contribution is 2.33. The van der Waals surface area contributed by atoms with Crippen LogP contribution in [-0.2, 0) is 28.6 Å². The van der Waals surface area contributed by atoms with Crippen LogP contribution < -0.4 is 21.1 Å². The first kappa shape index (κ1) is 26.2. The molecule has 1 aromatic heterocycles. The Morgan fingerprint density at radius 3 is 2.49 bits per heavy atom. The Balaban J connectivity index is 1.35. The van der Waals surface area contributed by atoms with E-state index in [1.807, 2.05) is 6.07 Å². The summed E-state index contributed by atoms with van der Waals surface area (Å²) in [7, 11) is 0. The van der Waals surface area contributed by atoms with Gasteiger partial charge in [-0.25, -0.2) is 4.98 Å². The third kappa shape index (κ3) is 7.78. The van der Waals surface area contributed by atoms with Gasteiger partial charge in [-0.15, -0.1) is 0 Å². The average Bonchev–Trinajstić information content (AvgIpc) is 3.69. The summed E-state index contributed by atoms with van der Waals surface area (Å²) in [4.78, 5) is 28.6. The van der Waals surface area contributed by atoms with Crippen LogP contribution in [0, 0.1) is 5.92 Å². The van der Waals surface area contributed by atoms with Gasteiger partial charge >= 0.3 is 6.18 Å². The second kappa shape index (κ2) is 11.4. The summed E-state index contributed by atoms with van der Waals surface area (Å²) in [6, 6.07) is 13.9. The van der Waals surface area contributed by atoms with Gasteiger partial charge in [-0.3, -0.25) is 9.59 Å². The van der Waals surface area contributed by atoms with Crippen molar-refractivity contribution in [2.45, 2.75) is 38.3 Å². The van der Waals surface area contributed by atoms with Crippen LogP contribution in [-0.4, -0.2) is 23.3 Å². The number of nitrogens with zero attached hydrogens (tertiary/aromatic N) is 1. The van der Waals surface area contributed by atoms with E-state index in [1.165, 1.54) is 6.07 Å². The molecular weight excluding hydrogens is 485 g/mol. The third-order valence-electron chi connectivity index (χ3n) is 5.74. The standard InChI is InChI=1S/C27H27F3N4O3/c28-27(29,30)20-12-18(8-10-31)13-21(15-20)33-25(35)7-4-17-2-1-3-22(14-17)37-23-9-11-32-24(16-23)34-26(36)19-5-6-19/h1-3,9,11-16,19H,4-8,10,31H2,(H,33,35)(H,32,34,36). The summed E-state index contributed by atoms with van der Waals surface area (Å²) in [5.74, 6) is 1.04. The minimum Gasteiger partial charge on any atom is -0.457 e. The van der Waals surface area contributed by atoms with E-state index in [2.05, 4.69) is 15.6 Å². The zero-order chi connectivity index (χ0) is 26.4. The number of aryl methyl sites for hydroxylation is 1. The molecule has 0 saturated heterocycles. The summed E-state index contributed by atoms with van der Waals surface area (Å²) in [5, 5.41) is 5.33. The number of benzene rings is 2. The molecule has 4 rings (SSSR count). The second-order valence-electron chi connectivity index (χ2n) is 8.89. The Labute approximate surface area is 212 Å². The van der Waals surface area contributed by atoms with E-state index in [9.17, 15) is 22.8 Å². The van der Waals surface area contributed by atoms with Crippen molar-refractivity contribution in [3.05, 3.63) is 77.5 Å². The number of ether oxygens (including phenoxy) is 1. The van der Waals surface area contributed by atoms with E-state index in [1.54, 1.807) is 36.5 Å². The SMILES string of the molecule is NCCc1cc(NC(=O)CCc2cccc(Oc3ccnc(NC(=O)C4CC4)c3)c2)cc(C(F)(F)F)c1. The molecule has 0 atom stereocenters. The molecule has 0 unspecified atom stereocenters. The van der Waals surface area contributed by atoms with E-state index in [4.69, 9.17) is 10.5 Å². The van der Waals surface area contributed by atoms with Gasteiger partial charge in [-0.05, 0) is 79.8 Å². The smallest absolute Gasteiger partial charge is 0.416 e. The van der Waals surface area contributed by atoms with Crippen molar-refractivity contribution in [2.24, 2.45) is 11.7 Å². The number of amides is 2. The van der Waals surface area contributed by atoms with Gasteiger partial charge < -0.3 is 21.1 Å².